The molecule has 1 aromatic rings. The predicted octanol–water partition coefficient (Wildman–Crippen LogP) is 2.65. The van der Waals surface area contributed by atoms with Gasteiger partial charge in [-0.25, -0.2) is 0 Å². The van der Waals surface area contributed by atoms with Gasteiger partial charge in [-0.3, -0.25) is 13.9 Å². The largest absolute Gasteiger partial charge is 0.481 e. The maximum Gasteiger partial charge on any atom is 0.306 e. The van der Waals surface area contributed by atoms with Gasteiger partial charge in [-0.1, -0.05) is 25.1 Å². The smallest absolute Gasteiger partial charge is 0.306 e. The molecule has 1 amide bonds. The minimum atomic E-state index is -0.830. The minimum Gasteiger partial charge on any atom is -0.481 e. The maximum atomic E-state index is 11.5. The number of carboxylic acids is 1. The molecule has 5 heteroatoms. The van der Waals surface area contributed by atoms with E-state index in [2.05, 4.69) is 0 Å². The van der Waals surface area contributed by atoms with Gasteiger partial charge < -0.3 is 5.11 Å². The first-order valence-corrected chi connectivity index (χ1v) is 6.52. The molecule has 1 rings (SSSR count). The van der Waals surface area contributed by atoms with E-state index >= 15 is 0 Å². The Morgan fingerprint density at radius 2 is 1.94 bits per heavy atom. The van der Waals surface area contributed by atoms with Crippen LogP contribution in [0, 0.1) is 5.92 Å². The lowest BCUT2D eigenvalue weighted by atomic mass is 10.1. The highest BCUT2D eigenvalue weighted by Crippen LogP contribution is 2.23. The molecule has 0 radical (unpaired) electrons. The van der Waals surface area contributed by atoms with Crippen molar-refractivity contribution in [1.82, 2.24) is 4.31 Å². The number of hydrogen-bond donors (Lipinski definition) is 1. The molecule has 18 heavy (non-hydrogen) atoms. The van der Waals surface area contributed by atoms with E-state index in [1.807, 2.05) is 30.3 Å². The van der Waals surface area contributed by atoms with Crippen LogP contribution in [0.25, 0.3) is 0 Å². The molecule has 0 saturated heterocycles. The van der Waals surface area contributed by atoms with Crippen LogP contribution in [0.2, 0.25) is 0 Å². The number of carbonyl (C=O) groups excluding carboxylic acids is 1. The fraction of sp³-hybridized carbons (Fsp3) is 0.385. The van der Waals surface area contributed by atoms with E-state index in [9.17, 15) is 9.59 Å². The summed E-state index contributed by atoms with van der Waals surface area (Å²) in [6.45, 7) is 3.57. The summed E-state index contributed by atoms with van der Waals surface area (Å²) < 4.78 is 1.59. The van der Waals surface area contributed by atoms with Crippen molar-refractivity contribution >= 4 is 23.8 Å². The number of amides is 1. The number of carbonyl (C=O) groups is 2. The Balaban J connectivity index is 2.56. The van der Waals surface area contributed by atoms with E-state index in [1.54, 1.807) is 11.2 Å². The summed E-state index contributed by atoms with van der Waals surface area (Å²) in [7, 11) is 0. The van der Waals surface area contributed by atoms with Crippen molar-refractivity contribution < 1.29 is 14.7 Å². The first-order chi connectivity index (χ1) is 8.50. The quantitative estimate of drug-likeness (QED) is 0.805. The van der Waals surface area contributed by atoms with Gasteiger partial charge in [-0.2, -0.15) is 0 Å². The lowest BCUT2D eigenvalue weighted by molar-refractivity contribution is -0.141. The van der Waals surface area contributed by atoms with Gasteiger partial charge in [0, 0.05) is 18.4 Å². The first-order valence-electron chi connectivity index (χ1n) is 5.74. The van der Waals surface area contributed by atoms with Crippen molar-refractivity contribution in [3.8, 4) is 0 Å². The Bertz CT molecular complexity index is 408. The van der Waals surface area contributed by atoms with Crippen molar-refractivity contribution in [2.45, 2.75) is 25.2 Å². The average molecular weight is 267 g/mol. The van der Waals surface area contributed by atoms with E-state index in [0.29, 0.717) is 13.0 Å². The lowest BCUT2D eigenvalue weighted by Crippen LogP contribution is -2.25. The summed E-state index contributed by atoms with van der Waals surface area (Å²) >= 11 is 1.34. The standard InChI is InChI=1S/C13H17NO3S/c1-10(13(16)17)8-9-14(11(2)15)18-12-6-4-3-5-7-12/h3-7,10H,8-9H2,1-2H3,(H,16,17). The van der Waals surface area contributed by atoms with E-state index in [-0.39, 0.29) is 5.91 Å². The highest BCUT2D eigenvalue weighted by atomic mass is 32.2. The number of carboxylic acid groups (broad SMARTS) is 1. The normalized spacial score (nSPS) is 11.9. The van der Waals surface area contributed by atoms with Gasteiger partial charge >= 0.3 is 5.97 Å². The van der Waals surface area contributed by atoms with Crippen molar-refractivity contribution in [3.05, 3.63) is 30.3 Å². The second kappa shape index (κ2) is 7.06. The van der Waals surface area contributed by atoms with Gasteiger partial charge in [0.1, 0.15) is 0 Å². The van der Waals surface area contributed by atoms with Crippen LogP contribution in [0.15, 0.2) is 35.2 Å². The number of aliphatic carboxylic acids is 1. The van der Waals surface area contributed by atoms with Crippen LogP contribution >= 0.6 is 11.9 Å². The molecule has 0 heterocycles. The molecule has 0 spiro atoms. The van der Waals surface area contributed by atoms with Crippen molar-refractivity contribution in [3.63, 3.8) is 0 Å². The van der Waals surface area contributed by atoms with Crippen molar-refractivity contribution in [2.75, 3.05) is 6.54 Å². The fourth-order valence-electron chi connectivity index (χ4n) is 1.31. The van der Waals surface area contributed by atoms with Gasteiger partial charge in [-0.05, 0) is 30.5 Å². The molecule has 0 saturated carbocycles. The van der Waals surface area contributed by atoms with Gasteiger partial charge in [0.15, 0.2) is 0 Å². The van der Waals surface area contributed by atoms with Gasteiger partial charge in [0.05, 0.1) is 5.92 Å². The zero-order valence-corrected chi connectivity index (χ0v) is 11.3. The molecule has 0 fully saturated rings. The molecular weight excluding hydrogens is 250 g/mol. The lowest BCUT2D eigenvalue weighted by Gasteiger charge is -2.20. The summed E-state index contributed by atoms with van der Waals surface area (Å²) in [6.07, 6.45) is 0.453. The monoisotopic (exact) mass is 267 g/mol. The van der Waals surface area contributed by atoms with E-state index < -0.39 is 11.9 Å². The highest BCUT2D eigenvalue weighted by molar-refractivity contribution is 7.97. The van der Waals surface area contributed by atoms with E-state index in [1.165, 1.54) is 18.9 Å². The number of rotatable bonds is 6. The molecule has 0 bridgehead atoms. The number of nitrogens with zero attached hydrogens (tertiary/aromatic N) is 1. The molecule has 0 aliphatic heterocycles. The van der Waals surface area contributed by atoms with Crippen LogP contribution in [-0.4, -0.2) is 27.8 Å². The third kappa shape index (κ3) is 4.79. The Morgan fingerprint density at radius 1 is 1.33 bits per heavy atom. The molecule has 1 aromatic carbocycles. The molecule has 0 aliphatic carbocycles. The van der Waals surface area contributed by atoms with Crippen molar-refractivity contribution in [1.29, 1.82) is 0 Å². The molecule has 0 aliphatic rings. The van der Waals surface area contributed by atoms with Gasteiger partial charge in [0.25, 0.3) is 0 Å². The topological polar surface area (TPSA) is 57.6 Å². The highest BCUT2D eigenvalue weighted by Gasteiger charge is 2.16. The molecule has 1 unspecified atom stereocenters. The maximum absolute atomic E-state index is 11.5. The molecule has 1 N–H and O–H groups in total. The molecule has 4 nitrogen and oxygen atoms in total. The van der Waals surface area contributed by atoms with Crippen LogP contribution in [-0.2, 0) is 9.59 Å². The molecular formula is C13H17NO3S. The Labute approximate surface area is 111 Å². The van der Waals surface area contributed by atoms with Crippen molar-refractivity contribution in [2.24, 2.45) is 5.92 Å². The first kappa shape index (κ1) is 14.6. The third-order valence-electron chi connectivity index (χ3n) is 2.50. The Hall–Kier alpha value is -1.49. The summed E-state index contributed by atoms with van der Waals surface area (Å²) in [5.74, 6) is -1.34. The third-order valence-corrected chi connectivity index (χ3v) is 3.64. The summed E-state index contributed by atoms with van der Waals surface area (Å²) in [6, 6.07) is 9.55. The second-order valence-electron chi connectivity index (χ2n) is 4.05. The number of hydrogen-bond acceptors (Lipinski definition) is 3. The second-order valence-corrected chi connectivity index (χ2v) is 5.15. The average Bonchev–Trinajstić information content (AvgIpc) is 2.34. The van der Waals surface area contributed by atoms with Crippen LogP contribution in [0.4, 0.5) is 0 Å². The summed E-state index contributed by atoms with van der Waals surface area (Å²) in [5, 5.41) is 8.81. The van der Waals surface area contributed by atoms with Gasteiger partial charge in [-0.15, -0.1) is 0 Å². The molecule has 1 atom stereocenters. The zero-order chi connectivity index (χ0) is 13.5. The fourth-order valence-corrected chi connectivity index (χ4v) is 2.17. The predicted molar refractivity (Wildman–Crippen MR) is 71.1 cm³/mol. The van der Waals surface area contributed by atoms with Gasteiger partial charge in [0.2, 0.25) is 5.91 Å². The summed E-state index contributed by atoms with van der Waals surface area (Å²) in [5.41, 5.74) is 0. The summed E-state index contributed by atoms with van der Waals surface area (Å²) in [4.78, 5) is 23.2. The SMILES string of the molecule is CC(=O)N(CCC(C)C(=O)O)Sc1ccccc1. The van der Waals surface area contributed by atoms with Crippen LogP contribution in [0.1, 0.15) is 20.3 Å². The van der Waals surface area contributed by atoms with E-state index in [0.717, 1.165) is 4.90 Å². The van der Waals surface area contributed by atoms with Crippen LogP contribution < -0.4 is 0 Å². The van der Waals surface area contributed by atoms with Crippen LogP contribution in [0.3, 0.4) is 0 Å². The Kier molecular flexibility index (Phi) is 5.71. The zero-order valence-electron chi connectivity index (χ0n) is 10.5. The molecule has 98 valence electrons. The van der Waals surface area contributed by atoms with E-state index in [4.69, 9.17) is 5.11 Å². The Morgan fingerprint density at radius 3 is 2.44 bits per heavy atom. The minimum absolute atomic E-state index is 0.0681. The molecule has 0 aromatic heterocycles. The number of benzene rings is 1. The van der Waals surface area contributed by atoms with Crippen LogP contribution in [0.5, 0.6) is 0 Å².